The van der Waals surface area contributed by atoms with Crippen LogP contribution < -0.4 is 10.6 Å². The molecule has 1 aromatic heterocycles. The quantitative estimate of drug-likeness (QED) is 0.742. The van der Waals surface area contributed by atoms with E-state index in [9.17, 15) is 9.59 Å². The van der Waals surface area contributed by atoms with Crippen molar-refractivity contribution < 1.29 is 14.0 Å². The van der Waals surface area contributed by atoms with Crippen molar-refractivity contribution in [3.63, 3.8) is 0 Å². The topological polar surface area (TPSA) is 74.6 Å². The Labute approximate surface area is 118 Å². The molecule has 0 fully saturated rings. The summed E-state index contributed by atoms with van der Waals surface area (Å²) >= 11 is 0. The molecule has 0 saturated carbocycles. The molecule has 2 N–H and O–H groups in total. The molecule has 1 aromatic rings. The zero-order valence-corrected chi connectivity index (χ0v) is 11.9. The molecule has 0 aliphatic rings. The van der Waals surface area contributed by atoms with Gasteiger partial charge in [0.2, 0.25) is 5.91 Å². The summed E-state index contributed by atoms with van der Waals surface area (Å²) in [6, 6.07) is 2.95. The first-order valence-electron chi connectivity index (χ1n) is 6.48. The first-order valence-corrected chi connectivity index (χ1v) is 6.48. The monoisotopic (exact) mass is 279 g/mol. The number of carbonyl (C=O) groups excluding carboxylic acids is 2. The molecule has 3 amide bonds. The zero-order chi connectivity index (χ0) is 15.0. The lowest BCUT2D eigenvalue weighted by Gasteiger charge is -2.19. The van der Waals surface area contributed by atoms with Crippen molar-refractivity contribution in [1.29, 1.82) is 0 Å². The highest BCUT2D eigenvalue weighted by Gasteiger charge is 2.12. The summed E-state index contributed by atoms with van der Waals surface area (Å²) in [5.41, 5.74) is 0.974. The van der Waals surface area contributed by atoms with E-state index in [4.69, 9.17) is 4.42 Å². The van der Waals surface area contributed by atoms with Crippen molar-refractivity contribution in [3.05, 3.63) is 36.3 Å². The molecule has 0 atom stereocenters. The fourth-order valence-corrected chi connectivity index (χ4v) is 1.66. The predicted molar refractivity (Wildman–Crippen MR) is 76.0 cm³/mol. The number of amides is 3. The van der Waals surface area contributed by atoms with E-state index in [0.29, 0.717) is 18.8 Å². The van der Waals surface area contributed by atoms with Crippen LogP contribution in [0.2, 0.25) is 0 Å². The second kappa shape index (κ2) is 8.16. The SMILES string of the molecule is C=C(C)CN(CC)CC(=O)NC(=O)NCc1ccco1. The van der Waals surface area contributed by atoms with Gasteiger partial charge in [0.1, 0.15) is 5.76 Å². The molecular formula is C14H21N3O3. The van der Waals surface area contributed by atoms with E-state index in [0.717, 1.165) is 5.57 Å². The smallest absolute Gasteiger partial charge is 0.321 e. The van der Waals surface area contributed by atoms with Crippen molar-refractivity contribution >= 4 is 11.9 Å². The summed E-state index contributed by atoms with van der Waals surface area (Å²) in [5, 5.41) is 4.83. The minimum absolute atomic E-state index is 0.164. The highest BCUT2D eigenvalue weighted by atomic mass is 16.3. The highest BCUT2D eigenvalue weighted by Crippen LogP contribution is 1.98. The Hall–Kier alpha value is -2.08. The average Bonchev–Trinajstić information content (AvgIpc) is 2.87. The van der Waals surface area contributed by atoms with Crippen LogP contribution in [0.1, 0.15) is 19.6 Å². The maximum absolute atomic E-state index is 11.7. The molecule has 1 rings (SSSR count). The molecule has 1 heterocycles. The Bertz CT molecular complexity index is 454. The van der Waals surface area contributed by atoms with Crippen molar-refractivity contribution in [2.45, 2.75) is 20.4 Å². The second-order valence-electron chi connectivity index (χ2n) is 4.57. The van der Waals surface area contributed by atoms with Gasteiger partial charge in [0, 0.05) is 6.54 Å². The number of urea groups is 1. The Balaban J connectivity index is 2.29. The van der Waals surface area contributed by atoms with Crippen LogP contribution in [0.4, 0.5) is 4.79 Å². The molecule has 0 radical (unpaired) electrons. The fourth-order valence-electron chi connectivity index (χ4n) is 1.66. The molecule has 20 heavy (non-hydrogen) atoms. The minimum atomic E-state index is -0.530. The maximum atomic E-state index is 11.7. The largest absolute Gasteiger partial charge is 0.467 e. The first kappa shape index (κ1) is 16.0. The summed E-state index contributed by atoms with van der Waals surface area (Å²) in [5.74, 6) is 0.287. The van der Waals surface area contributed by atoms with Gasteiger partial charge in [0.25, 0.3) is 0 Å². The molecule has 0 bridgehead atoms. The number of imide groups is 1. The second-order valence-corrected chi connectivity index (χ2v) is 4.57. The third-order valence-electron chi connectivity index (χ3n) is 2.56. The van der Waals surface area contributed by atoms with Gasteiger partial charge >= 0.3 is 6.03 Å². The summed E-state index contributed by atoms with van der Waals surface area (Å²) in [4.78, 5) is 25.1. The van der Waals surface area contributed by atoms with Crippen LogP contribution in [0.25, 0.3) is 0 Å². The van der Waals surface area contributed by atoms with Crippen molar-refractivity contribution in [2.75, 3.05) is 19.6 Å². The Morgan fingerprint density at radius 3 is 2.70 bits per heavy atom. The van der Waals surface area contributed by atoms with E-state index >= 15 is 0 Å². The van der Waals surface area contributed by atoms with Crippen LogP contribution in [-0.4, -0.2) is 36.5 Å². The summed E-state index contributed by atoms with van der Waals surface area (Å²) in [7, 11) is 0. The third-order valence-corrected chi connectivity index (χ3v) is 2.56. The lowest BCUT2D eigenvalue weighted by molar-refractivity contribution is -0.121. The van der Waals surface area contributed by atoms with Crippen LogP contribution >= 0.6 is 0 Å². The van der Waals surface area contributed by atoms with Crippen LogP contribution in [0.15, 0.2) is 35.0 Å². The minimum Gasteiger partial charge on any atom is -0.467 e. The van der Waals surface area contributed by atoms with Gasteiger partial charge in [-0.2, -0.15) is 0 Å². The van der Waals surface area contributed by atoms with E-state index in [1.165, 1.54) is 6.26 Å². The number of likely N-dealkylation sites (N-methyl/N-ethyl adjacent to an activating group) is 1. The van der Waals surface area contributed by atoms with Gasteiger partial charge < -0.3 is 9.73 Å². The number of hydrogen-bond acceptors (Lipinski definition) is 4. The molecular weight excluding hydrogens is 258 g/mol. The van der Waals surface area contributed by atoms with E-state index in [1.807, 2.05) is 18.7 Å². The summed E-state index contributed by atoms with van der Waals surface area (Å²) < 4.78 is 5.07. The van der Waals surface area contributed by atoms with E-state index in [2.05, 4.69) is 17.2 Å². The number of carbonyl (C=O) groups is 2. The molecule has 0 saturated heterocycles. The van der Waals surface area contributed by atoms with Crippen LogP contribution in [0, 0.1) is 0 Å². The van der Waals surface area contributed by atoms with Gasteiger partial charge in [-0.25, -0.2) is 4.79 Å². The molecule has 0 unspecified atom stereocenters. The molecule has 0 aliphatic carbocycles. The number of furan rings is 1. The fraction of sp³-hybridized carbons (Fsp3) is 0.429. The zero-order valence-electron chi connectivity index (χ0n) is 11.9. The van der Waals surface area contributed by atoms with Crippen LogP contribution in [-0.2, 0) is 11.3 Å². The summed E-state index contributed by atoms with van der Waals surface area (Å²) in [6.45, 7) is 9.42. The molecule has 0 aliphatic heterocycles. The van der Waals surface area contributed by atoms with Crippen LogP contribution in [0.3, 0.4) is 0 Å². The molecule has 6 heteroatoms. The molecule has 6 nitrogen and oxygen atoms in total. The number of rotatable bonds is 7. The van der Waals surface area contributed by atoms with E-state index in [-0.39, 0.29) is 19.0 Å². The van der Waals surface area contributed by atoms with Crippen LogP contribution in [0.5, 0.6) is 0 Å². The van der Waals surface area contributed by atoms with Gasteiger partial charge in [0.05, 0.1) is 19.4 Å². The lowest BCUT2D eigenvalue weighted by atomic mass is 10.3. The van der Waals surface area contributed by atoms with Gasteiger partial charge in [-0.3, -0.25) is 15.0 Å². The number of nitrogens with zero attached hydrogens (tertiary/aromatic N) is 1. The number of hydrogen-bond donors (Lipinski definition) is 2. The molecule has 110 valence electrons. The van der Waals surface area contributed by atoms with E-state index < -0.39 is 6.03 Å². The predicted octanol–water partition coefficient (Wildman–Crippen LogP) is 1.50. The molecule has 0 aromatic carbocycles. The first-order chi connectivity index (χ1) is 9.51. The van der Waals surface area contributed by atoms with Gasteiger partial charge in [-0.05, 0) is 25.6 Å². The van der Waals surface area contributed by atoms with Gasteiger partial charge in [-0.1, -0.05) is 19.1 Å². The highest BCUT2D eigenvalue weighted by molar-refractivity contribution is 5.95. The number of nitrogens with one attached hydrogen (secondary N) is 2. The Kier molecular flexibility index (Phi) is 6.52. The normalized spacial score (nSPS) is 10.3. The van der Waals surface area contributed by atoms with Crippen molar-refractivity contribution in [3.8, 4) is 0 Å². The Morgan fingerprint density at radius 2 is 2.15 bits per heavy atom. The van der Waals surface area contributed by atoms with Crippen molar-refractivity contribution in [1.82, 2.24) is 15.5 Å². The van der Waals surface area contributed by atoms with Gasteiger partial charge in [0.15, 0.2) is 0 Å². The van der Waals surface area contributed by atoms with Gasteiger partial charge in [-0.15, -0.1) is 0 Å². The average molecular weight is 279 g/mol. The lowest BCUT2D eigenvalue weighted by Crippen LogP contribution is -2.44. The molecule has 0 spiro atoms. The standard InChI is InChI=1S/C14H21N3O3/c1-4-17(9-11(2)3)10-13(18)16-14(19)15-8-12-6-5-7-20-12/h5-7H,2,4,8-10H2,1,3H3,(H2,15,16,18,19). The van der Waals surface area contributed by atoms with E-state index in [1.54, 1.807) is 12.1 Å². The maximum Gasteiger partial charge on any atom is 0.321 e. The van der Waals surface area contributed by atoms with Crippen molar-refractivity contribution in [2.24, 2.45) is 0 Å². The summed E-state index contributed by atoms with van der Waals surface area (Å²) in [6.07, 6.45) is 1.52. The third kappa shape index (κ3) is 6.19. The Morgan fingerprint density at radius 1 is 1.40 bits per heavy atom.